The zero-order valence-corrected chi connectivity index (χ0v) is 17.6. The van der Waals surface area contributed by atoms with Crippen LogP contribution < -0.4 is 5.32 Å². The van der Waals surface area contributed by atoms with Crippen LogP contribution in [0.3, 0.4) is 0 Å². The maximum absolute atomic E-state index is 13.1. The second-order valence-corrected chi connectivity index (χ2v) is 8.38. The number of hydrogen-bond donors (Lipinski definition) is 1. The van der Waals surface area contributed by atoms with Crippen molar-refractivity contribution >= 4 is 39.5 Å². The number of thiazole rings is 1. The topological polar surface area (TPSA) is 85.6 Å². The van der Waals surface area contributed by atoms with Gasteiger partial charge in [0.05, 0.1) is 10.7 Å². The van der Waals surface area contributed by atoms with Gasteiger partial charge in [0.1, 0.15) is 0 Å². The molecule has 2 heterocycles. The fourth-order valence-corrected chi connectivity index (χ4v) is 4.37. The molecule has 4 rings (SSSR count). The number of aryl methyl sites for hydroxylation is 1. The van der Waals surface area contributed by atoms with Gasteiger partial charge in [0.25, 0.3) is 5.91 Å². The summed E-state index contributed by atoms with van der Waals surface area (Å²) in [6.07, 6.45) is 9.62. The molecule has 1 saturated carbocycles. The van der Waals surface area contributed by atoms with Crippen molar-refractivity contribution in [3.05, 3.63) is 52.3 Å². The van der Waals surface area contributed by atoms with Gasteiger partial charge < -0.3 is 0 Å². The van der Waals surface area contributed by atoms with Crippen LogP contribution >= 0.6 is 22.9 Å². The van der Waals surface area contributed by atoms with Gasteiger partial charge in [0.2, 0.25) is 0 Å². The van der Waals surface area contributed by atoms with Crippen molar-refractivity contribution in [2.75, 3.05) is 5.32 Å². The van der Waals surface area contributed by atoms with Crippen LogP contribution in [0.2, 0.25) is 5.02 Å². The Bertz CT molecular complexity index is 1020. The number of hydrogen-bond acceptors (Lipinski definition) is 6. The molecular weight excluding hydrogens is 408 g/mol. The average molecular weight is 429 g/mol. The van der Waals surface area contributed by atoms with Gasteiger partial charge in [-0.25, -0.2) is 4.98 Å². The molecule has 1 amide bonds. The standard InChI is InChI=1S/C20H21ClN6OS/c1-13-24-25-26-27(13)18-8-7-15(12-17(18)21)16(11-14-5-3-2-4-6-14)19(28)23-20-22-9-10-29-20/h7-12,14H,2-6H2,1H3,(H,22,23,28)/b16-11+. The number of aromatic nitrogens is 5. The van der Waals surface area contributed by atoms with E-state index in [2.05, 4.69) is 31.9 Å². The highest BCUT2D eigenvalue weighted by atomic mass is 35.5. The second-order valence-electron chi connectivity index (χ2n) is 7.07. The van der Waals surface area contributed by atoms with Crippen molar-refractivity contribution < 1.29 is 4.79 Å². The molecule has 0 bridgehead atoms. The van der Waals surface area contributed by atoms with Crippen LogP contribution in [0.5, 0.6) is 0 Å². The molecule has 3 aromatic rings. The van der Waals surface area contributed by atoms with Gasteiger partial charge in [-0.3, -0.25) is 10.1 Å². The van der Waals surface area contributed by atoms with Crippen LogP contribution in [0.1, 0.15) is 43.5 Å². The van der Waals surface area contributed by atoms with E-state index in [1.54, 1.807) is 23.9 Å². The summed E-state index contributed by atoms with van der Waals surface area (Å²) in [6, 6.07) is 5.53. The molecule has 1 N–H and O–H groups in total. The minimum Gasteiger partial charge on any atom is -0.298 e. The summed E-state index contributed by atoms with van der Waals surface area (Å²) in [5.74, 6) is 0.855. The van der Waals surface area contributed by atoms with Gasteiger partial charge in [-0.1, -0.05) is 43.0 Å². The van der Waals surface area contributed by atoms with Crippen LogP contribution in [0.25, 0.3) is 11.3 Å². The van der Waals surface area contributed by atoms with Crippen molar-refractivity contribution in [2.45, 2.75) is 39.0 Å². The Morgan fingerprint density at radius 3 is 2.79 bits per heavy atom. The summed E-state index contributed by atoms with van der Waals surface area (Å²) in [6.45, 7) is 1.81. The van der Waals surface area contributed by atoms with Gasteiger partial charge in [-0.15, -0.1) is 16.4 Å². The number of allylic oxidation sites excluding steroid dienone is 1. The van der Waals surface area contributed by atoms with Crippen molar-refractivity contribution in [2.24, 2.45) is 5.92 Å². The monoisotopic (exact) mass is 428 g/mol. The fraction of sp³-hybridized carbons (Fsp3) is 0.350. The van der Waals surface area contributed by atoms with Crippen LogP contribution in [0.4, 0.5) is 5.13 Å². The molecule has 7 nitrogen and oxygen atoms in total. The molecule has 0 unspecified atom stereocenters. The third-order valence-corrected chi connectivity index (χ3v) is 6.05. The largest absolute Gasteiger partial charge is 0.298 e. The molecule has 29 heavy (non-hydrogen) atoms. The van der Waals surface area contributed by atoms with E-state index in [0.717, 1.165) is 18.4 Å². The highest BCUT2D eigenvalue weighted by Crippen LogP contribution is 2.31. The lowest BCUT2D eigenvalue weighted by Crippen LogP contribution is -2.15. The van der Waals surface area contributed by atoms with E-state index >= 15 is 0 Å². The van der Waals surface area contributed by atoms with Crippen molar-refractivity contribution in [3.8, 4) is 5.69 Å². The molecule has 0 saturated heterocycles. The summed E-state index contributed by atoms with van der Waals surface area (Å²) < 4.78 is 1.58. The smallest absolute Gasteiger partial charge is 0.257 e. The summed E-state index contributed by atoms with van der Waals surface area (Å²) in [5, 5.41) is 17.3. The van der Waals surface area contributed by atoms with E-state index < -0.39 is 0 Å². The van der Waals surface area contributed by atoms with Gasteiger partial charge in [0.15, 0.2) is 11.0 Å². The lowest BCUT2D eigenvalue weighted by Gasteiger charge is -2.20. The van der Waals surface area contributed by atoms with Crippen LogP contribution in [-0.4, -0.2) is 31.1 Å². The first-order valence-electron chi connectivity index (χ1n) is 9.60. The van der Waals surface area contributed by atoms with E-state index in [9.17, 15) is 4.79 Å². The zero-order valence-electron chi connectivity index (χ0n) is 16.0. The number of carbonyl (C=O) groups is 1. The minimum atomic E-state index is -0.173. The molecule has 9 heteroatoms. The molecule has 0 spiro atoms. The number of halogens is 1. The van der Waals surface area contributed by atoms with Crippen molar-refractivity contribution in [3.63, 3.8) is 0 Å². The Kier molecular flexibility index (Phi) is 6.01. The first-order chi connectivity index (χ1) is 14.1. The van der Waals surface area contributed by atoms with Crippen molar-refractivity contribution in [1.82, 2.24) is 25.2 Å². The number of nitrogens with one attached hydrogen (secondary N) is 1. The highest BCUT2D eigenvalue weighted by Gasteiger charge is 2.20. The van der Waals surface area contributed by atoms with Gasteiger partial charge >= 0.3 is 0 Å². The lowest BCUT2D eigenvalue weighted by atomic mass is 9.86. The molecule has 1 aromatic carbocycles. The molecule has 0 atom stereocenters. The fourth-order valence-electron chi connectivity index (χ4n) is 3.59. The molecule has 1 aliphatic rings. The van der Waals surface area contributed by atoms with E-state index in [4.69, 9.17) is 11.6 Å². The van der Waals surface area contributed by atoms with E-state index in [1.807, 2.05) is 17.5 Å². The first kappa shape index (κ1) is 19.7. The number of nitrogens with zero attached hydrogens (tertiary/aromatic N) is 5. The summed E-state index contributed by atoms with van der Waals surface area (Å²) in [7, 11) is 0. The third-order valence-electron chi connectivity index (χ3n) is 5.06. The normalized spacial score (nSPS) is 15.4. The van der Waals surface area contributed by atoms with Gasteiger partial charge in [0, 0.05) is 17.2 Å². The predicted octanol–water partition coefficient (Wildman–Crippen LogP) is 4.68. The Morgan fingerprint density at radius 1 is 1.31 bits per heavy atom. The summed E-state index contributed by atoms with van der Waals surface area (Å²) >= 11 is 7.94. The third kappa shape index (κ3) is 4.54. The number of anilines is 1. The average Bonchev–Trinajstić information content (AvgIpc) is 3.38. The quantitative estimate of drug-likeness (QED) is 0.596. The molecule has 150 valence electrons. The molecule has 0 aliphatic heterocycles. The van der Waals surface area contributed by atoms with Gasteiger partial charge in [-0.05, 0) is 53.8 Å². The zero-order chi connectivity index (χ0) is 20.2. The maximum atomic E-state index is 13.1. The number of carbonyl (C=O) groups excluding carboxylic acids is 1. The van der Waals surface area contributed by atoms with Crippen LogP contribution in [-0.2, 0) is 4.79 Å². The first-order valence-corrected chi connectivity index (χ1v) is 10.9. The Hall–Kier alpha value is -2.58. The summed E-state index contributed by atoms with van der Waals surface area (Å²) in [4.78, 5) is 17.2. The predicted molar refractivity (Wildman–Crippen MR) is 114 cm³/mol. The number of tetrazole rings is 1. The van der Waals surface area contributed by atoms with E-state index in [0.29, 0.717) is 33.2 Å². The Balaban J connectivity index is 1.68. The Labute approximate surface area is 177 Å². The maximum Gasteiger partial charge on any atom is 0.257 e. The van der Waals surface area contributed by atoms with Crippen LogP contribution in [0, 0.1) is 12.8 Å². The molecular formula is C20H21ClN6OS. The highest BCUT2D eigenvalue weighted by molar-refractivity contribution is 7.13. The van der Waals surface area contributed by atoms with E-state index in [-0.39, 0.29) is 5.91 Å². The number of rotatable bonds is 5. The molecule has 1 aliphatic carbocycles. The SMILES string of the molecule is Cc1nnnn1-c1ccc(/C(=C\C2CCCCC2)C(=O)Nc2nccs2)cc1Cl. The second kappa shape index (κ2) is 8.84. The lowest BCUT2D eigenvalue weighted by molar-refractivity contribution is -0.111. The van der Waals surface area contributed by atoms with E-state index in [1.165, 1.54) is 30.6 Å². The number of amides is 1. The Morgan fingerprint density at radius 2 is 2.14 bits per heavy atom. The van der Waals surface area contributed by atoms with Crippen molar-refractivity contribution in [1.29, 1.82) is 0 Å². The molecule has 2 aromatic heterocycles. The van der Waals surface area contributed by atoms with Crippen LogP contribution in [0.15, 0.2) is 35.9 Å². The number of benzene rings is 1. The van der Waals surface area contributed by atoms with Gasteiger partial charge in [-0.2, -0.15) is 4.68 Å². The molecule has 1 fully saturated rings. The minimum absolute atomic E-state index is 0.173. The summed E-state index contributed by atoms with van der Waals surface area (Å²) in [5.41, 5.74) is 2.06. The molecule has 0 radical (unpaired) electrons.